The second-order valence-corrected chi connectivity index (χ2v) is 9.24. The summed E-state index contributed by atoms with van der Waals surface area (Å²) in [5.41, 5.74) is -0.554. The Kier molecular flexibility index (Phi) is 5.24. The molecule has 0 aromatic heterocycles. The molecular weight excluding hydrogens is 380 g/mol. The smallest absolute Gasteiger partial charge is 0.265 e. The summed E-state index contributed by atoms with van der Waals surface area (Å²) >= 11 is 0. The second-order valence-electron chi connectivity index (χ2n) is 6.06. The van der Waals surface area contributed by atoms with Crippen LogP contribution in [0, 0.1) is 0 Å². The Bertz CT molecular complexity index is 1040. The Morgan fingerprint density at radius 1 is 0.962 bits per heavy atom. The molecule has 0 aliphatic rings. The number of carbonyl (C=O) groups excluding carboxylic acids is 1. The highest BCUT2D eigenvalue weighted by molar-refractivity contribution is 7.92. The predicted molar refractivity (Wildman–Crippen MR) is 94.2 cm³/mol. The van der Waals surface area contributed by atoms with E-state index >= 15 is 0 Å². The lowest BCUT2D eigenvalue weighted by molar-refractivity contribution is 0.0784. The van der Waals surface area contributed by atoms with E-state index in [1.165, 1.54) is 36.4 Å². The van der Waals surface area contributed by atoms with Crippen molar-refractivity contribution in [2.24, 2.45) is 5.14 Å². The fourth-order valence-corrected chi connectivity index (χ4v) is 4.53. The molecule has 0 aliphatic carbocycles. The zero-order chi connectivity index (χ0) is 19.8. The summed E-state index contributed by atoms with van der Waals surface area (Å²) in [6.07, 6.45) is 0. The molecule has 0 unspecified atom stereocenters. The van der Waals surface area contributed by atoms with Gasteiger partial charge in [-0.25, -0.2) is 26.7 Å². The lowest BCUT2D eigenvalue weighted by Crippen LogP contribution is -2.32. The van der Waals surface area contributed by atoms with E-state index in [0.717, 1.165) is 12.1 Å². The molecule has 0 aliphatic heterocycles. The van der Waals surface area contributed by atoms with Crippen molar-refractivity contribution in [1.29, 1.82) is 0 Å². The van der Waals surface area contributed by atoms with Crippen molar-refractivity contribution in [3.05, 3.63) is 59.7 Å². The lowest BCUT2D eigenvalue weighted by Gasteiger charge is -2.17. The molecule has 0 radical (unpaired) electrons. The number of amides is 1. The highest BCUT2D eigenvalue weighted by atomic mass is 32.2. The van der Waals surface area contributed by atoms with Gasteiger partial charge in [0, 0.05) is 5.56 Å². The zero-order valence-corrected chi connectivity index (χ0v) is 15.6. The molecule has 140 valence electrons. The van der Waals surface area contributed by atoms with E-state index in [1.807, 2.05) is 4.72 Å². The summed E-state index contributed by atoms with van der Waals surface area (Å²) in [6, 6.07) is 10.4. The van der Waals surface area contributed by atoms with Gasteiger partial charge in [-0.2, -0.15) is 0 Å². The maximum absolute atomic E-state index is 12.4. The van der Waals surface area contributed by atoms with Gasteiger partial charge in [0.2, 0.25) is 10.0 Å². The number of aliphatic hydroxyl groups is 1. The zero-order valence-electron chi connectivity index (χ0n) is 14.0. The van der Waals surface area contributed by atoms with E-state index in [2.05, 4.69) is 0 Å². The molecule has 2 aromatic rings. The summed E-state index contributed by atoms with van der Waals surface area (Å²) < 4.78 is 49.8. The number of carbonyl (C=O) groups is 1. The van der Waals surface area contributed by atoms with Gasteiger partial charge in [0.15, 0.2) is 0 Å². The van der Waals surface area contributed by atoms with Crippen LogP contribution in [0.15, 0.2) is 58.3 Å². The largest absolute Gasteiger partial charge is 0.386 e. The Morgan fingerprint density at radius 3 is 1.92 bits per heavy atom. The molecule has 0 saturated heterocycles. The minimum Gasteiger partial charge on any atom is -0.386 e. The molecule has 10 heteroatoms. The second kappa shape index (κ2) is 6.80. The van der Waals surface area contributed by atoms with Crippen LogP contribution in [0.4, 0.5) is 0 Å². The Balaban J connectivity index is 2.35. The Hall–Kier alpha value is -2.27. The molecule has 0 bridgehead atoms. The lowest BCUT2D eigenvalue weighted by atomic mass is 9.97. The SMILES string of the molecule is CC(C)(O)c1ccc(C(=O)NS(=O)(=O)c2ccccc2S(N)(=O)=O)cc1. The standard InChI is InChI=1S/C16H18N2O6S2/c1-16(2,20)12-9-7-11(8-10-12)15(19)18-26(23,24)14-6-4-3-5-13(14)25(17,21)22/h3-10,20H,1-2H3,(H,18,19)(H2,17,21,22). The van der Waals surface area contributed by atoms with Crippen LogP contribution in [0.1, 0.15) is 29.8 Å². The number of hydrogen-bond donors (Lipinski definition) is 3. The van der Waals surface area contributed by atoms with Crippen LogP contribution in [0.25, 0.3) is 0 Å². The predicted octanol–water partition coefficient (Wildman–Crippen LogP) is 0.680. The quantitative estimate of drug-likeness (QED) is 0.676. The third kappa shape index (κ3) is 4.47. The fourth-order valence-electron chi connectivity index (χ4n) is 2.17. The van der Waals surface area contributed by atoms with Gasteiger partial charge < -0.3 is 5.11 Å². The minimum absolute atomic E-state index is 0.0228. The molecule has 0 spiro atoms. The van der Waals surface area contributed by atoms with Crippen LogP contribution < -0.4 is 9.86 Å². The molecule has 0 fully saturated rings. The molecule has 2 rings (SSSR count). The summed E-state index contributed by atoms with van der Waals surface area (Å²) in [5.74, 6) is -0.948. The number of sulfonamides is 2. The first-order valence-corrected chi connectivity index (χ1v) is 10.4. The van der Waals surface area contributed by atoms with Gasteiger partial charge in [-0.1, -0.05) is 24.3 Å². The van der Waals surface area contributed by atoms with Crippen molar-refractivity contribution >= 4 is 26.0 Å². The Labute approximate surface area is 151 Å². The topological polar surface area (TPSA) is 144 Å². The molecule has 0 saturated carbocycles. The molecular formula is C16H18N2O6S2. The number of rotatable bonds is 5. The van der Waals surface area contributed by atoms with Crippen molar-refractivity contribution in [3.8, 4) is 0 Å². The molecule has 1 amide bonds. The normalized spacial score (nSPS) is 12.6. The maximum atomic E-state index is 12.4. The van der Waals surface area contributed by atoms with Gasteiger partial charge >= 0.3 is 0 Å². The average molecular weight is 398 g/mol. The minimum atomic E-state index is -4.47. The van der Waals surface area contributed by atoms with Crippen LogP contribution >= 0.6 is 0 Å². The number of nitrogens with two attached hydrogens (primary N) is 1. The summed E-state index contributed by atoms with van der Waals surface area (Å²) in [7, 11) is -8.77. The summed E-state index contributed by atoms with van der Waals surface area (Å²) in [4.78, 5) is 11.0. The first kappa shape index (κ1) is 20.0. The summed E-state index contributed by atoms with van der Waals surface area (Å²) in [6.45, 7) is 3.13. The van der Waals surface area contributed by atoms with Crippen LogP contribution in [-0.2, 0) is 25.6 Å². The molecule has 4 N–H and O–H groups in total. The van der Waals surface area contributed by atoms with Gasteiger partial charge in [-0.3, -0.25) is 4.79 Å². The Morgan fingerprint density at radius 2 is 1.46 bits per heavy atom. The van der Waals surface area contributed by atoms with Gasteiger partial charge in [0.05, 0.1) is 5.60 Å². The average Bonchev–Trinajstić information content (AvgIpc) is 2.53. The van der Waals surface area contributed by atoms with E-state index in [0.29, 0.717) is 5.56 Å². The first-order valence-electron chi connectivity index (χ1n) is 7.34. The van der Waals surface area contributed by atoms with Crippen LogP contribution in [-0.4, -0.2) is 27.8 Å². The van der Waals surface area contributed by atoms with Crippen molar-refractivity contribution in [3.63, 3.8) is 0 Å². The molecule has 8 nitrogen and oxygen atoms in total. The number of nitrogens with one attached hydrogen (secondary N) is 1. The first-order chi connectivity index (χ1) is 11.8. The van der Waals surface area contributed by atoms with Crippen LogP contribution in [0.2, 0.25) is 0 Å². The van der Waals surface area contributed by atoms with Crippen molar-refractivity contribution in [1.82, 2.24) is 4.72 Å². The third-order valence-corrected chi connectivity index (χ3v) is 6.01. The van der Waals surface area contributed by atoms with Crippen LogP contribution in [0.5, 0.6) is 0 Å². The fraction of sp³-hybridized carbons (Fsp3) is 0.188. The highest BCUT2D eigenvalue weighted by Gasteiger charge is 2.26. The van der Waals surface area contributed by atoms with E-state index in [-0.39, 0.29) is 5.56 Å². The van der Waals surface area contributed by atoms with E-state index in [1.54, 1.807) is 13.8 Å². The monoisotopic (exact) mass is 398 g/mol. The molecule has 0 atom stereocenters. The molecule has 26 heavy (non-hydrogen) atoms. The highest BCUT2D eigenvalue weighted by Crippen LogP contribution is 2.21. The van der Waals surface area contributed by atoms with E-state index in [4.69, 9.17) is 5.14 Å². The maximum Gasteiger partial charge on any atom is 0.265 e. The van der Waals surface area contributed by atoms with Crippen molar-refractivity contribution in [2.45, 2.75) is 29.2 Å². The summed E-state index contributed by atoms with van der Waals surface area (Å²) in [5, 5.41) is 14.9. The van der Waals surface area contributed by atoms with Gasteiger partial charge in [0.25, 0.3) is 15.9 Å². The van der Waals surface area contributed by atoms with Gasteiger partial charge in [-0.05, 0) is 43.7 Å². The van der Waals surface area contributed by atoms with Crippen LogP contribution in [0.3, 0.4) is 0 Å². The number of hydrogen-bond acceptors (Lipinski definition) is 6. The number of benzene rings is 2. The molecule has 0 heterocycles. The van der Waals surface area contributed by atoms with Gasteiger partial charge in [-0.15, -0.1) is 0 Å². The van der Waals surface area contributed by atoms with Crippen molar-refractivity contribution in [2.75, 3.05) is 0 Å². The molecule has 2 aromatic carbocycles. The van der Waals surface area contributed by atoms with Gasteiger partial charge in [0.1, 0.15) is 9.79 Å². The number of primary sulfonamides is 1. The van der Waals surface area contributed by atoms with E-state index in [9.17, 15) is 26.7 Å². The van der Waals surface area contributed by atoms with E-state index < -0.39 is 41.3 Å². The van der Waals surface area contributed by atoms with Crippen molar-refractivity contribution < 1.29 is 26.7 Å². The third-order valence-electron chi connectivity index (χ3n) is 3.53.